The molecule has 2 aliphatic carbocycles. The summed E-state index contributed by atoms with van der Waals surface area (Å²) >= 11 is 0. The van der Waals surface area contributed by atoms with Gasteiger partial charge in [0, 0.05) is 36.3 Å². The van der Waals surface area contributed by atoms with Crippen molar-refractivity contribution in [2.75, 3.05) is 19.0 Å². The smallest absolute Gasteiger partial charge is 0.136 e. The first kappa shape index (κ1) is 22.0. The molecule has 0 amide bonds. The fourth-order valence-electron chi connectivity index (χ4n) is 4.50. The minimum absolute atomic E-state index is 0.520. The van der Waals surface area contributed by atoms with Gasteiger partial charge in [0.1, 0.15) is 11.8 Å². The lowest BCUT2D eigenvalue weighted by Crippen LogP contribution is -2.20. The quantitative estimate of drug-likeness (QED) is 0.448. The zero-order valence-corrected chi connectivity index (χ0v) is 18.7. The molecule has 2 aromatic carbocycles. The number of hydrogen-bond donors (Lipinski definition) is 3. The SMILES string of the molecule is COc1ccc(C2CCC(CNc3cccc(/C(C=N)=C/NC4CC4)c3)CC2)cc1C#N. The maximum Gasteiger partial charge on any atom is 0.136 e. The van der Waals surface area contributed by atoms with E-state index in [4.69, 9.17) is 10.1 Å². The molecule has 4 rings (SSSR count). The van der Waals surface area contributed by atoms with Crippen LogP contribution in [-0.2, 0) is 0 Å². The molecule has 0 bridgehead atoms. The van der Waals surface area contributed by atoms with E-state index >= 15 is 0 Å². The predicted molar refractivity (Wildman–Crippen MR) is 130 cm³/mol. The minimum Gasteiger partial charge on any atom is -0.495 e. The summed E-state index contributed by atoms with van der Waals surface area (Å²) in [6, 6.07) is 17.2. The van der Waals surface area contributed by atoms with Crippen molar-refractivity contribution in [3.05, 3.63) is 65.4 Å². The van der Waals surface area contributed by atoms with Crippen molar-refractivity contribution >= 4 is 17.5 Å². The molecule has 0 heterocycles. The Morgan fingerprint density at radius 1 is 1.12 bits per heavy atom. The molecule has 32 heavy (non-hydrogen) atoms. The minimum atomic E-state index is 0.520. The lowest BCUT2D eigenvalue weighted by atomic mass is 9.78. The summed E-state index contributed by atoms with van der Waals surface area (Å²) in [6.45, 7) is 0.964. The highest BCUT2D eigenvalue weighted by Gasteiger charge is 2.23. The molecule has 0 aromatic heterocycles. The fraction of sp³-hybridized carbons (Fsp3) is 0.407. The molecule has 2 saturated carbocycles. The van der Waals surface area contributed by atoms with Crippen LogP contribution in [0.25, 0.3) is 5.57 Å². The van der Waals surface area contributed by atoms with Crippen LogP contribution in [0.2, 0.25) is 0 Å². The van der Waals surface area contributed by atoms with Gasteiger partial charge in [-0.2, -0.15) is 5.26 Å². The van der Waals surface area contributed by atoms with Crippen LogP contribution in [0, 0.1) is 22.7 Å². The van der Waals surface area contributed by atoms with E-state index in [1.54, 1.807) is 7.11 Å². The molecule has 0 atom stereocenters. The van der Waals surface area contributed by atoms with Gasteiger partial charge in [-0.1, -0.05) is 18.2 Å². The van der Waals surface area contributed by atoms with Gasteiger partial charge in [0.2, 0.25) is 0 Å². The van der Waals surface area contributed by atoms with E-state index in [-0.39, 0.29) is 0 Å². The Hall–Kier alpha value is -3.26. The summed E-state index contributed by atoms with van der Waals surface area (Å²) in [4.78, 5) is 0. The molecule has 5 heteroatoms. The highest BCUT2D eigenvalue weighted by molar-refractivity contribution is 6.08. The molecule has 0 unspecified atom stereocenters. The zero-order valence-electron chi connectivity index (χ0n) is 18.7. The average Bonchev–Trinajstić information content (AvgIpc) is 3.68. The number of nitriles is 1. The third kappa shape index (κ3) is 5.50. The van der Waals surface area contributed by atoms with Crippen molar-refractivity contribution in [1.29, 1.82) is 10.7 Å². The third-order valence-corrected chi connectivity index (χ3v) is 6.66. The second-order valence-corrected chi connectivity index (χ2v) is 8.94. The van der Waals surface area contributed by atoms with E-state index < -0.39 is 0 Å². The van der Waals surface area contributed by atoms with Crippen LogP contribution in [0.4, 0.5) is 5.69 Å². The number of allylic oxidation sites excluding steroid dienone is 1. The van der Waals surface area contributed by atoms with Crippen molar-refractivity contribution in [3.63, 3.8) is 0 Å². The van der Waals surface area contributed by atoms with Crippen LogP contribution in [-0.4, -0.2) is 25.9 Å². The van der Waals surface area contributed by atoms with Crippen molar-refractivity contribution in [3.8, 4) is 11.8 Å². The monoisotopic (exact) mass is 428 g/mol. The van der Waals surface area contributed by atoms with Gasteiger partial charge in [-0.05, 0) is 85.8 Å². The van der Waals surface area contributed by atoms with Crippen molar-refractivity contribution in [2.45, 2.75) is 50.5 Å². The summed E-state index contributed by atoms with van der Waals surface area (Å²) in [5.41, 5.74) is 4.97. The Bertz CT molecular complexity index is 1010. The molecule has 2 aliphatic rings. The predicted octanol–water partition coefficient (Wildman–Crippen LogP) is 5.70. The van der Waals surface area contributed by atoms with E-state index in [9.17, 15) is 5.26 Å². The molecule has 0 aliphatic heterocycles. The van der Waals surface area contributed by atoms with Gasteiger partial charge in [0.15, 0.2) is 0 Å². The number of hydrogen-bond acceptors (Lipinski definition) is 5. The van der Waals surface area contributed by atoms with Crippen LogP contribution in [0.5, 0.6) is 5.75 Å². The number of methoxy groups -OCH3 is 1. The van der Waals surface area contributed by atoms with Crippen LogP contribution < -0.4 is 15.4 Å². The average molecular weight is 429 g/mol. The van der Waals surface area contributed by atoms with E-state index in [0.717, 1.165) is 36.2 Å². The molecule has 2 fully saturated rings. The molecule has 0 saturated heterocycles. The molecule has 5 nitrogen and oxygen atoms in total. The third-order valence-electron chi connectivity index (χ3n) is 6.66. The topological polar surface area (TPSA) is 80.9 Å². The maximum atomic E-state index is 9.36. The lowest BCUT2D eigenvalue weighted by molar-refractivity contribution is 0.338. The van der Waals surface area contributed by atoms with Crippen molar-refractivity contribution < 1.29 is 4.74 Å². The lowest BCUT2D eigenvalue weighted by Gasteiger charge is -2.29. The summed E-state index contributed by atoms with van der Waals surface area (Å²) in [6.07, 6.45) is 10.5. The van der Waals surface area contributed by atoms with E-state index in [1.807, 2.05) is 18.3 Å². The Morgan fingerprint density at radius 2 is 1.94 bits per heavy atom. The van der Waals surface area contributed by atoms with Gasteiger partial charge in [-0.25, -0.2) is 0 Å². The maximum absolute atomic E-state index is 9.36. The number of nitrogens with zero attached hydrogens (tertiary/aromatic N) is 1. The molecule has 3 N–H and O–H groups in total. The molecule has 0 spiro atoms. The highest BCUT2D eigenvalue weighted by atomic mass is 16.5. The molecule has 166 valence electrons. The largest absolute Gasteiger partial charge is 0.495 e. The number of anilines is 1. The van der Waals surface area contributed by atoms with Gasteiger partial charge in [0.05, 0.1) is 12.7 Å². The second-order valence-electron chi connectivity index (χ2n) is 8.94. The van der Waals surface area contributed by atoms with Crippen LogP contribution >= 0.6 is 0 Å². The number of nitrogens with one attached hydrogen (secondary N) is 3. The Morgan fingerprint density at radius 3 is 2.62 bits per heavy atom. The van der Waals surface area contributed by atoms with Gasteiger partial charge >= 0.3 is 0 Å². The van der Waals surface area contributed by atoms with Crippen LogP contribution in [0.15, 0.2) is 48.7 Å². The summed E-state index contributed by atoms with van der Waals surface area (Å²) in [5, 5.41) is 24.1. The Labute approximate surface area is 191 Å². The normalized spacial score (nSPS) is 20.8. The van der Waals surface area contributed by atoms with Crippen LogP contribution in [0.3, 0.4) is 0 Å². The van der Waals surface area contributed by atoms with E-state index in [1.165, 1.54) is 37.5 Å². The number of rotatable bonds is 9. The highest BCUT2D eigenvalue weighted by Crippen LogP contribution is 2.37. The molecular formula is C27H32N4O. The second kappa shape index (κ2) is 10.4. The fourth-order valence-corrected chi connectivity index (χ4v) is 4.50. The van der Waals surface area contributed by atoms with Gasteiger partial charge in [0.25, 0.3) is 0 Å². The van der Waals surface area contributed by atoms with Gasteiger partial charge < -0.3 is 20.8 Å². The van der Waals surface area contributed by atoms with E-state index in [0.29, 0.717) is 29.2 Å². The molecular weight excluding hydrogens is 396 g/mol. The Kier molecular flexibility index (Phi) is 7.11. The van der Waals surface area contributed by atoms with Gasteiger partial charge in [-0.3, -0.25) is 0 Å². The first-order chi connectivity index (χ1) is 15.7. The Balaban J connectivity index is 1.30. The summed E-state index contributed by atoms with van der Waals surface area (Å²) in [5.74, 6) is 1.82. The first-order valence-corrected chi connectivity index (χ1v) is 11.6. The summed E-state index contributed by atoms with van der Waals surface area (Å²) < 4.78 is 5.28. The van der Waals surface area contributed by atoms with Gasteiger partial charge in [-0.15, -0.1) is 0 Å². The number of ether oxygens (including phenoxy) is 1. The van der Waals surface area contributed by atoms with Crippen LogP contribution in [0.1, 0.15) is 61.1 Å². The zero-order chi connectivity index (χ0) is 22.3. The first-order valence-electron chi connectivity index (χ1n) is 11.6. The number of benzene rings is 2. The van der Waals surface area contributed by atoms with Crippen molar-refractivity contribution in [1.82, 2.24) is 5.32 Å². The molecule has 2 aromatic rings. The molecule has 0 radical (unpaired) electrons. The van der Waals surface area contributed by atoms with Crippen molar-refractivity contribution in [2.24, 2.45) is 5.92 Å². The standard InChI is InChI=1S/C27H32N4O/c1-32-27-12-9-22(13-23(27)15-28)20-7-5-19(6-8-20)17-30-26-4-2-3-21(14-26)24(16-29)18-31-25-10-11-25/h2-4,9,12-14,16,18-20,25,29-31H,5-8,10-11,17H2,1H3/b24-18+,29-16?. The van der Waals surface area contributed by atoms with E-state index in [2.05, 4.69) is 47.0 Å². The summed E-state index contributed by atoms with van der Waals surface area (Å²) in [7, 11) is 1.61.